The Hall–Kier alpha value is -2.93. The lowest BCUT2D eigenvalue weighted by molar-refractivity contribution is 0.123. The van der Waals surface area contributed by atoms with Gasteiger partial charge in [-0.1, -0.05) is 35.3 Å². The van der Waals surface area contributed by atoms with Crippen LogP contribution < -0.4 is 15.4 Å². The molecule has 3 heterocycles. The molecule has 170 valence electrons. The summed E-state index contributed by atoms with van der Waals surface area (Å²) in [5.41, 5.74) is 11.2. The van der Waals surface area contributed by atoms with Crippen LogP contribution >= 0.6 is 23.2 Å². The van der Waals surface area contributed by atoms with E-state index in [1.165, 1.54) is 16.6 Å². The Kier molecular flexibility index (Phi) is 6.06. The molecule has 8 heteroatoms. The molecule has 2 aromatic heterocycles. The molecule has 33 heavy (non-hydrogen) atoms. The molecule has 0 spiro atoms. The smallest absolute Gasteiger partial charge is 0.166 e. The predicted molar refractivity (Wildman–Crippen MR) is 134 cm³/mol. The molecule has 2 aromatic carbocycles. The lowest BCUT2D eigenvalue weighted by Gasteiger charge is -2.28. The minimum Gasteiger partial charge on any atom is -0.485 e. The largest absolute Gasteiger partial charge is 0.485 e. The molecule has 1 saturated heterocycles. The number of hydrogen-bond donors (Lipinski definition) is 1. The van der Waals surface area contributed by atoms with Gasteiger partial charge in [-0.25, -0.2) is 4.98 Å². The number of halogens is 2. The number of pyridine rings is 1. The van der Waals surface area contributed by atoms with Gasteiger partial charge in [-0.2, -0.15) is 0 Å². The molecule has 0 saturated carbocycles. The summed E-state index contributed by atoms with van der Waals surface area (Å²) < 4.78 is 13.7. The van der Waals surface area contributed by atoms with E-state index in [2.05, 4.69) is 45.9 Å². The molecule has 0 unspecified atom stereocenters. The molecular weight excluding hydrogens is 459 g/mol. The van der Waals surface area contributed by atoms with E-state index in [4.69, 9.17) is 38.4 Å². The van der Waals surface area contributed by atoms with Crippen molar-refractivity contribution in [2.75, 3.05) is 36.9 Å². The molecule has 0 atom stereocenters. The van der Waals surface area contributed by atoms with Crippen molar-refractivity contribution in [3.05, 3.63) is 70.5 Å². The number of anilines is 2. The van der Waals surface area contributed by atoms with E-state index < -0.39 is 0 Å². The SMILES string of the molecule is Cn1cc(N2CCOCC2)c2cc(-c3cnc(N)c(OCc4c(Cl)cccc4Cl)c3)ccc21. The van der Waals surface area contributed by atoms with Gasteiger partial charge in [0.15, 0.2) is 11.6 Å². The van der Waals surface area contributed by atoms with Crippen LogP contribution in [-0.2, 0) is 18.4 Å². The average molecular weight is 483 g/mol. The number of nitrogen functional groups attached to an aromatic ring is 1. The first-order valence-corrected chi connectivity index (χ1v) is 11.5. The van der Waals surface area contributed by atoms with E-state index in [0.29, 0.717) is 27.2 Å². The Morgan fingerprint density at radius 2 is 1.82 bits per heavy atom. The highest BCUT2D eigenvalue weighted by Gasteiger charge is 2.17. The van der Waals surface area contributed by atoms with Crippen LogP contribution in [0.3, 0.4) is 0 Å². The molecule has 0 aliphatic carbocycles. The van der Waals surface area contributed by atoms with E-state index in [0.717, 1.165) is 37.4 Å². The number of nitrogens with zero attached hydrogens (tertiary/aromatic N) is 3. The van der Waals surface area contributed by atoms with Crippen LogP contribution in [0.4, 0.5) is 11.5 Å². The zero-order chi connectivity index (χ0) is 22.9. The number of benzene rings is 2. The molecule has 0 bridgehead atoms. The Bertz CT molecular complexity index is 1300. The van der Waals surface area contributed by atoms with Crippen molar-refractivity contribution in [2.24, 2.45) is 7.05 Å². The molecule has 6 nitrogen and oxygen atoms in total. The summed E-state index contributed by atoms with van der Waals surface area (Å²) in [6.07, 6.45) is 3.95. The monoisotopic (exact) mass is 482 g/mol. The fraction of sp³-hybridized carbons (Fsp3) is 0.240. The van der Waals surface area contributed by atoms with Gasteiger partial charge in [0.25, 0.3) is 0 Å². The van der Waals surface area contributed by atoms with Gasteiger partial charge in [0.05, 0.1) is 18.9 Å². The fourth-order valence-corrected chi connectivity index (χ4v) is 4.66. The van der Waals surface area contributed by atoms with Gasteiger partial charge < -0.3 is 24.7 Å². The van der Waals surface area contributed by atoms with Gasteiger partial charge in [0.1, 0.15) is 6.61 Å². The molecule has 0 amide bonds. The van der Waals surface area contributed by atoms with Crippen molar-refractivity contribution in [1.82, 2.24) is 9.55 Å². The summed E-state index contributed by atoms with van der Waals surface area (Å²) in [6, 6.07) is 13.7. The summed E-state index contributed by atoms with van der Waals surface area (Å²) >= 11 is 12.5. The third kappa shape index (κ3) is 4.34. The van der Waals surface area contributed by atoms with E-state index >= 15 is 0 Å². The van der Waals surface area contributed by atoms with E-state index in [-0.39, 0.29) is 6.61 Å². The Balaban J connectivity index is 1.47. The highest BCUT2D eigenvalue weighted by molar-refractivity contribution is 6.35. The third-order valence-corrected chi connectivity index (χ3v) is 6.68. The second-order valence-corrected chi connectivity index (χ2v) is 8.87. The Morgan fingerprint density at radius 3 is 2.58 bits per heavy atom. The third-order valence-electron chi connectivity index (χ3n) is 5.97. The minimum absolute atomic E-state index is 0.201. The number of nitrogens with two attached hydrogens (primary N) is 1. The number of aromatic nitrogens is 2. The number of morpholine rings is 1. The molecule has 5 rings (SSSR count). The molecule has 1 aliphatic rings. The standard InChI is InChI=1S/C25H24Cl2N4O2/c1-30-14-23(31-7-9-32-10-8-31)18-11-16(5-6-22(18)30)17-12-24(25(28)29-13-17)33-15-19-20(26)3-2-4-21(19)27/h2-6,11-14H,7-10,15H2,1H3,(H2,28,29). The first kappa shape index (κ1) is 21.9. The number of hydrogen-bond acceptors (Lipinski definition) is 5. The van der Waals surface area contributed by atoms with Gasteiger partial charge in [-0.05, 0) is 35.9 Å². The van der Waals surface area contributed by atoms with Crippen LogP contribution in [0, 0.1) is 0 Å². The Morgan fingerprint density at radius 1 is 1.06 bits per heavy atom. The highest BCUT2D eigenvalue weighted by atomic mass is 35.5. The van der Waals surface area contributed by atoms with Gasteiger partial charge in [-0.3, -0.25) is 0 Å². The first-order chi connectivity index (χ1) is 16.0. The zero-order valence-electron chi connectivity index (χ0n) is 18.2. The average Bonchev–Trinajstić information content (AvgIpc) is 3.16. The van der Waals surface area contributed by atoms with Crippen molar-refractivity contribution >= 4 is 45.6 Å². The van der Waals surface area contributed by atoms with Crippen LogP contribution in [-0.4, -0.2) is 35.9 Å². The number of rotatable bonds is 5. The van der Waals surface area contributed by atoms with Crippen molar-refractivity contribution in [3.63, 3.8) is 0 Å². The normalized spacial score (nSPS) is 14.1. The predicted octanol–water partition coefficient (Wildman–Crippen LogP) is 5.54. The minimum atomic E-state index is 0.201. The topological polar surface area (TPSA) is 65.5 Å². The number of aryl methyl sites for hydroxylation is 1. The van der Waals surface area contributed by atoms with Gasteiger partial charge >= 0.3 is 0 Å². The zero-order valence-corrected chi connectivity index (χ0v) is 19.7. The first-order valence-electron chi connectivity index (χ1n) is 10.7. The van der Waals surface area contributed by atoms with Crippen LogP contribution in [0.25, 0.3) is 22.0 Å². The molecule has 1 aliphatic heterocycles. The van der Waals surface area contributed by atoms with Crippen molar-refractivity contribution < 1.29 is 9.47 Å². The summed E-state index contributed by atoms with van der Waals surface area (Å²) in [4.78, 5) is 6.74. The van der Waals surface area contributed by atoms with Crippen LogP contribution in [0.1, 0.15) is 5.56 Å². The highest BCUT2D eigenvalue weighted by Crippen LogP contribution is 2.35. The molecule has 2 N–H and O–H groups in total. The van der Waals surface area contributed by atoms with Gasteiger partial charge in [0, 0.05) is 64.6 Å². The molecular formula is C25H24Cl2N4O2. The van der Waals surface area contributed by atoms with Crippen LogP contribution in [0.15, 0.2) is 54.9 Å². The Labute approximate surface area is 202 Å². The van der Waals surface area contributed by atoms with Crippen LogP contribution in [0.5, 0.6) is 5.75 Å². The van der Waals surface area contributed by atoms with E-state index in [1.807, 2.05) is 6.07 Å². The quantitative estimate of drug-likeness (QED) is 0.404. The summed E-state index contributed by atoms with van der Waals surface area (Å²) in [5, 5.41) is 2.30. The van der Waals surface area contributed by atoms with Crippen LogP contribution in [0.2, 0.25) is 10.0 Å². The molecule has 0 radical (unpaired) electrons. The maximum atomic E-state index is 6.27. The summed E-state index contributed by atoms with van der Waals surface area (Å²) in [6.45, 7) is 3.46. The van der Waals surface area contributed by atoms with E-state index in [9.17, 15) is 0 Å². The molecule has 1 fully saturated rings. The van der Waals surface area contributed by atoms with E-state index in [1.54, 1.807) is 24.4 Å². The second-order valence-electron chi connectivity index (χ2n) is 8.05. The van der Waals surface area contributed by atoms with Crippen molar-refractivity contribution in [3.8, 4) is 16.9 Å². The van der Waals surface area contributed by atoms with Gasteiger partial charge in [-0.15, -0.1) is 0 Å². The number of ether oxygens (including phenoxy) is 2. The summed E-state index contributed by atoms with van der Waals surface area (Å²) in [7, 11) is 2.07. The second kappa shape index (κ2) is 9.14. The fourth-order valence-electron chi connectivity index (χ4n) is 4.16. The molecule has 4 aromatic rings. The maximum absolute atomic E-state index is 6.27. The van der Waals surface area contributed by atoms with Gasteiger partial charge in [0.2, 0.25) is 0 Å². The van der Waals surface area contributed by atoms with Crippen molar-refractivity contribution in [2.45, 2.75) is 6.61 Å². The lowest BCUT2D eigenvalue weighted by Crippen LogP contribution is -2.36. The lowest BCUT2D eigenvalue weighted by atomic mass is 10.0. The maximum Gasteiger partial charge on any atom is 0.166 e. The number of fused-ring (bicyclic) bond motifs is 1. The van der Waals surface area contributed by atoms with Crippen molar-refractivity contribution in [1.29, 1.82) is 0 Å². The summed E-state index contributed by atoms with van der Waals surface area (Å²) in [5.74, 6) is 0.807.